The number of aryl methyl sites for hydroxylation is 1. The van der Waals surface area contributed by atoms with Crippen LogP contribution in [-0.2, 0) is 13.5 Å². The van der Waals surface area contributed by atoms with E-state index in [9.17, 15) is 0 Å². The SMILES string of the molecule is COc1ccc(Br)c(NC2CCCc3c2cnn3C)c1. The number of nitrogens with one attached hydrogen (secondary N) is 1. The molecule has 0 saturated carbocycles. The molecule has 0 amide bonds. The maximum Gasteiger partial charge on any atom is 0.121 e. The fourth-order valence-electron chi connectivity index (χ4n) is 2.79. The van der Waals surface area contributed by atoms with E-state index in [0.29, 0.717) is 6.04 Å². The molecule has 1 atom stereocenters. The number of methoxy groups -OCH3 is 1. The lowest BCUT2D eigenvalue weighted by Crippen LogP contribution is -2.18. The summed E-state index contributed by atoms with van der Waals surface area (Å²) in [6.07, 6.45) is 5.41. The molecule has 5 heteroatoms. The fourth-order valence-corrected chi connectivity index (χ4v) is 3.15. The van der Waals surface area contributed by atoms with Crippen molar-refractivity contribution in [2.45, 2.75) is 25.3 Å². The lowest BCUT2D eigenvalue weighted by Gasteiger charge is -2.25. The van der Waals surface area contributed by atoms with Gasteiger partial charge in [-0.1, -0.05) is 0 Å². The van der Waals surface area contributed by atoms with Crippen LogP contribution in [-0.4, -0.2) is 16.9 Å². The molecule has 1 unspecified atom stereocenters. The highest BCUT2D eigenvalue weighted by atomic mass is 79.9. The molecular formula is C15H18BrN3O. The largest absolute Gasteiger partial charge is 0.497 e. The molecule has 0 aliphatic heterocycles. The Morgan fingerprint density at radius 1 is 1.45 bits per heavy atom. The Morgan fingerprint density at radius 2 is 2.30 bits per heavy atom. The predicted molar refractivity (Wildman–Crippen MR) is 83.2 cm³/mol. The number of hydrogen-bond donors (Lipinski definition) is 1. The molecule has 4 nitrogen and oxygen atoms in total. The quantitative estimate of drug-likeness (QED) is 0.929. The summed E-state index contributed by atoms with van der Waals surface area (Å²) in [6, 6.07) is 6.30. The van der Waals surface area contributed by atoms with Crippen LogP contribution in [0, 0.1) is 0 Å². The summed E-state index contributed by atoms with van der Waals surface area (Å²) in [7, 11) is 3.70. The predicted octanol–water partition coefficient (Wildman–Crippen LogP) is 3.68. The summed E-state index contributed by atoms with van der Waals surface area (Å²) in [4.78, 5) is 0. The van der Waals surface area contributed by atoms with Crippen LogP contribution < -0.4 is 10.1 Å². The minimum absolute atomic E-state index is 0.316. The minimum atomic E-state index is 0.316. The monoisotopic (exact) mass is 335 g/mol. The molecule has 0 fully saturated rings. The first-order chi connectivity index (χ1) is 9.69. The number of hydrogen-bond acceptors (Lipinski definition) is 3. The van der Waals surface area contributed by atoms with Crippen LogP contribution in [0.15, 0.2) is 28.9 Å². The lowest BCUT2D eigenvalue weighted by atomic mass is 9.93. The minimum Gasteiger partial charge on any atom is -0.497 e. The summed E-state index contributed by atoms with van der Waals surface area (Å²) in [5.41, 5.74) is 3.72. The van der Waals surface area contributed by atoms with Gasteiger partial charge in [0, 0.05) is 28.8 Å². The summed E-state index contributed by atoms with van der Waals surface area (Å²) >= 11 is 3.59. The first-order valence-electron chi connectivity index (χ1n) is 6.80. The van der Waals surface area contributed by atoms with Crippen LogP contribution in [0.4, 0.5) is 5.69 Å². The highest BCUT2D eigenvalue weighted by molar-refractivity contribution is 9.10. The maximum absolute atomic E-state index is 5.30. The highest BCUT2D eigenvalue weighted by Gasteiger charge is 2.23. The molecule has 1 aliphatic rings. The van der Waals surface area contributed by atoms with E-state index in [4.69, 9.17) is 4.74 Å². The molecule has 1 aromatic heterocycles. The summed E-state index contributed by atoms with van der Waals surface area (Å²) in [5, 5.41) is 8.00. The Kier molecular flexibility index (Phi) is 3.70. The van der Waals surface area contributed by atoms with Gasteiger partial charge in [-0.3, -0.25) is 4.68 Å². The van der Waals surface area contributed by atoms with Crippen molar-refractivity contribution in [2.75, 3.05) is 12.4 Å². The molecule has 1 N–H and O–H groups in total. The average Bonchev–Trinajstić information content (AvgIpc) is 2.84. The van der Waals surface area contributed by atoms with Crippen molar-refractivity contribution in [3.8, 4) is 5.75 Å². The van der Waals surface area contributed by atoms with Gasteiger partial charge in [0.05, 0.1) is 25.0 Å². The van der Waals surface area contributed by atoms with E-state index in [0.717, 1.165) is 28.8 Å². The normalized spacial score (nSPS) is 17.6. The summed E-state index contributed by atoms with van der Waals surface area (Å²) in [5.74, 6) is 0.859. The van der Waals surface area contributed by atoms with Crippen LogP contribution in [0.5, 0.6) is 5.75 Å². The smallest absolute Gasteiger partial charge is 0.121 e. The number of halogens is 1. The Bertz CT molecular complexity index is 624. The third-order valence-electron chi connectivity index (χ3n) is 3.88. The number of ether oxygens (including phenoxy) is 1. The summed E-state index contributed by atoms with van der Waals surface area (Å²) < 4.78 is 8.34. The second-order valence-electron chi connectivity index (χ2n) is 5.11. The van der Waals surface area contributed by atoms with Gasteiger partial charge in [0.25, 0.3) is 0 Å². The third kappa shape index (κ3) is 2.42. The van der Waals surface area contributed by atoms with Crippen LogP contribution in [0.2, 0.25) is 0 Å². The third-order valence-corrected chi connectivity index (χ3v) is 4.57. The number of aromatic nitrogens is 2. The van der Waals surface area contributed by atoms with Crippen molar-refractivity contribution in [3.05, 3.63) is 40.1 Å². The van der Waals surface area contributed by atoms with Gasteiger partial charge in [0.15, 0.2) is 0 Å². The standard InChI is InChI=1S/C15H18BrN3O/c1-19-15-5-3-4-13(11(15)9-17-19)18-14-8-10(20-2)6-7-12(14)16/h6-9,13,18H,3-5H2,1-2H3. The van der Waals surface area contributed by atoms with E-state index in [1.807, 2.05) is 36.1 Å². The van der Waals surface area contributed by atoms with E-state index in [2.05, 4.69) is 26.3 Å². The molecule has 1 aliphatic carbocycles. The van der Waals surface area contributed by atoms with Gasteiger partial charge in [-0.25, -0.2) is 0 Å². The van der Waals surface area contributed by atoms with Crippen molar-refractivity contribution >= 4 is 21.6 Å². The van der Waals surface area contributed by atoms with Gasteiger partial charge in [-0.2, -0.15) is 5.10 Å². The van der Waals surface area contributed by atoms with Crippen LogP contribution in [0.1, 0.15) is 30.1 Å². The van der Waals surface area contributed by atoms with Crippen molar-refractivity contribution < 1.29 is 4.74 Å². The molecule has 0 bridgehead atoms. The second-order valence-corrected chi connectivity index (χ2v) is 5.96. The van der Waals surface area contributed by atoms with Crippen molar-refractivity contribution in [2.24, 2.45) is 7.05 Å². The van der Waals surface area contributed by atoms with Crippen molar-refractivity contribution in [3.63, 3.8) is 0 Å². The number of anilines is 1. The first-order valence-corrected chi connectivity index (χ1v) is 7.59. The molecule has 1 aromatic carbocycles. The van der Waals surface area contributed by atoms with Crippen molar-refractivity contribution in [1.29, 1.82) is 0 Å². The van der Waals surface area contributed by atoms with E-state index in [1.165, 1.54) is 17.7 Å². The Hall–Kier alpha value is -1.49. The van der Waals surface area contributed by atoms with Gasteiger partial charge >= 0.3 is 0 Å². The Labute approximate surface area is 127 Å². The van der Waals surface area contributed by atoms with Gasteiger partial charge < -0.3 is 10.1 Å². The molecule has 0 saturated heterocycles. The zero-order valence-electron chi connectivity index (χ0n) is 11.7. The van der Waals surface area contributed by atoms with Gasteiger partial charge in [-0.05, 0) is 47.3 Å². The van der Waals surface area contributed by atoms with Crippen LogP contribution in [0.3, 0.4) is 0 Å². The second kappa shape index (κ2) is 5.48. The molecule has 2 aromatic rings. The van der Waals surface area contributed by atoms with Gasteiger partial charge in [0.2, 0.25) is 0 Å². The number of nitrogens with zero attached hydrogens (tertiary/aromatic N) is 2. The molecule has 0 radical (unpaired) electrons. The number of rotatable bonds is 3. The Balaban J connectivity index is 1.89. The number of fused-ring (bicyclic) bond motifs is 1. The topological polar surface area (TPSA) is 39.1 Å². The zero-order valence-corrected chi connectivity index (χ0v) is 13.3. The van der Waals surface area contributed by atoms with E-state index < -0.39 is 0 Å². The average molecular weight is 336 g/mol. The number of benzene rings is 1. The molecule has 20 heavy (non-hydrogen) atoms. The summed E-state index contributed by atoms with van der Waals surface area (Å²) in [6.45, 7) is 0. The van der Waals surface area contributed by atoms with E-state index >= 15 is 0 Å². The van der Waals surface area contributed by atoms with Crippen LogP contribution >= 0.6 is 15.9 Å². The van der Waals surface area contributed by atoms with Crippen molar-refractivity contribution in [1.82, 2.24) is 9.78 Å². The maximum atomic E-state index is 5.30. The first kappa shape index (κ1) is 13.5. The van der Waals surface area contributed by atoms with E-state index in [-0.39, 0.29) is 0 Å². The molecule has 1 heterocycles. The molecular weight excluding hydrogens is 318 g/mol. The molecule has 106 valence electrons. The van der Waals surface area contributed by atoms with Gasteiger partial charge in [0.1, 0.15) is 5.75 Å². The van der Waals surface area contributed by atoms with E-state index in [1.54, 1.807) is 7.11 Å². The Morgan fingerprint density at radius 3 is 3.10 bits per heavy atom. The molecule has 0 spiro atoms. The lowest BCUT2D eigenvalue weighted by molar-refractivity contribution is 0.415. The van der Waals surface area contributed by atoms with Crippen LogP contribution in [0.25, 0.3) is 0 Å². The molecule has 3 rings (SSSR count). The van der Waals surface area contributed by atoms with Gasteiger partial charge in [-0.15, -0.1) is 0 Å². The fraction of sp³-hybridized carbons (Fsp3) is 0.400. The zero-order chi connectivity index (χ0) is 14.1. The highest BCUT2D eigenvalue weighted by Crippen LogP contribution is 2.35.